The van der Waals surface area contributed by atoms with Crippen molar-refractivity contribution in [1.82, 2.24) is 4.72 Å². The number of rotatable bonds is 6. The quantitative estimate of drug-likeness (QED) is 0.803. The Kier molecular flexibility index (Phi) is 6.05. The topological polar surface area (TPSA) is 84.5 Å². The third kappa shape index (κ3) is 4.50. The predicted molar refractivity (Wildman–Crippen MR) is 98.0 cm³/mol. The van der Waals surface area contributed by atoms with E-state index in [9.17, 15) is 13.2 Å². The molecule has 0 bridgehead atoms. The van der Waals surface area contributed by atoms with E-state index in [1.807, 2.05) is 6.92 Å². The number of carbonyl (C=O) groups excluding carboxylic acids is 1. The standard InChI is InChI=1S/C17H19ClN2O4S/c1-4-19-25(22,23)13-7-5-12(6-8-13)17(21)20-15-9-11(2)14(18)10-16(15)24-3/h5-10,19H,4H2,1-3H3,(H,20,21). The molecule has 2 aromatic carbocycles. The molecule has 0 spiro atoms. The number of aryl methyl sites for hydroxylation is 1. The molecule has 0 aromatic heterocycles. The van der Waals surface area contributed by atoms with Crippen molar-refractivity contribution >= 4 is 33.2 Å². The SMILES string of the molecule is CCNS(=O)(=O)c1ccc(C(=O)Nc2cc(C)c(Cl)cc2OC)cc1. The van der Waals surface area contributed by atoms with E-state index >= 15 is 0 Å². The number of hydrogen-bond acceptors (Lipinski definition) is 4. The number of carbonyl (C=O) groups is 1. The first-order valence-corrected chi connectivity index (χ1v) is 9.39. The van der Waals surface area contributed by atoms with Gasteiger partial charge in [0, 0.05) is 23.2 Å². The third-order valence-corrected chi connectivity index (χ3v) is 5.46. The van der Waals surface area contributed by atoms with Gasteiger partial charge in [0.1, 0.15) is 5.75 Å². The van der Waals surface area contributed by atoms with Crippen LogP contribution in [-0.2, 0) is 10.0 Å². The van der Waals surface area contributed by atoms with Gasteiger partial charge >= 0.3 is 0 Å². The van der Waals surface area contributed by atoms with Gasteiger partial charge < -0.3 is 10.1 Å². The summed E-state index contributed by atoms with van der Waals surface area (Å²) in [5.41, 5.74) is 1.61. The number of sulfonamides is 1. The molecule has 134 valence electrons. The lowest BCUT2D eigenvalue weighted by Gasteiger charge is -2.12. The molecule has 0 aliphatic rings. The zero-order valence-electron chi connectivity index (χ0n) is 14.1. The first-order chi connectivity index (χ1) is 11.8. The smallest absolute Gasteiger partial charge is 0.255 e. The van der Waals surface area contributed by atoms with E-state index in [0.29, 0.717) is 28.6 Å². The maximum atomic E-state index is 12.4. The first-order valence-electron chi connectivity index (χ1n) is 7.53. The second-order valence-electron chi connectivity index (χ2n) is 5.28. The van der Waals surface area contributed by atoms with Gasteiger partial charge in [0.15, 0.2) is 0 Å². The van der Waals surface area contributed by atoms with Crippen LogP contribution in [0.5, 0.6) is 5.75 Å². The van der Waals surface area contributed by atoms with E-state index in [0.717, 1.165) is 5.56 Å². The zero-order chi connectivity index (χ0) is 18.6. The second kappa shape index (κ2) is 7.86. The third-order valence-electron chi connectivity index (χ3n) is 3.49. The van der Waals surface area contributed by atoms with Crippen molar-refractivity contribution in [3.63, 3.8) is 0 Å². The Morgan fingerprint density at radius 2 is 1.84 bits per heavy atom. The van der Waals surface area contributed by atoms with Crippen LogP contribution in [0.25, 0.3) is 0 Å². The van der Waals surface area contributed by atoms with Crippen LogP contribution in [0, 0.1) is 6.92 Å². The summed E-state index contributed by atoms with van der Waals surface area (Å²) in [5, 5.41) is 3.28. The molecule has 0 unspecified atom stereocenters. The van der Waals surface area contributed by atoms with Crippen LogP contribution in [0.4, 0.5) is 5.69 Å². The predicted octanol–water partition coefficient (Wildman–Crippen LogP) is 3.21. The number of amides is 1. The molecule has 2 rings (SSSR count). The van der Waals surface area contributed by atoms with Gasteiger partial charge in [-0.05, 0) is 42.8 Å². The van der Waals surface area contributed by atoms with E-state index in [2.05, 4.69) is 10.0 Å². The minimum atomic E-state index is -3.55. The summed E-state index contributed by atoms with van der Waals surface area (Å²) >= 11 is 6.05. The Morgan fingerprint density at radius 3 is 2.40 bits per heavy atom. The number of methoxy groups -OCH3 is 1. The van der Waals surface area contributed by atoms with E-state index in [-0.39, 0.29) is 10.8 Å². The number of hydrogen-bond donors (Lipinski definition) is 2. The van der Waals surface area contributed by atoms with Crippen LogP contribution in [-0.4, -0.2) is 28.0 Å². The van der Waals surface area contributed by atoms with Crippen molar-refractivity contribution in [3.05, 3.63) is 52.5 Å². The highest BCUT2D eigenvalue weighted by molar-refractivity contribution is 7.89. The van der Waals surface area contributed by atoms with Crippen molar-refractivity contribution in [3.8, 4) is 5.75 Å². The molecule has 0 aliphatic carbocycles. The van der Waals surface area contributed by atoms with Crippen LogP contribution >= 0.6 is 11.6 Å². The largest absolute Gasteiger partial charge is 0.495 e. The molecule has 0 aliphatic heterocycles. The molecule has 2 aromatic rings. The van der Waals surface area contributed by atoms with Crippen molar-refractivity contribution < 1.29 is 17.9 Å². The van der Waals surface area contributed by atoms with E-state index in [1.165, 1.54) is 31.4 Å². The summed E-state index contributed by atoms with van der Waals surface area (Å²) in [4.78, 5) is 12.5. The van der Waals surface area contributed by atoms with Gasteiger partial charge in [-0.25, -0.2) is 13.1 Å². The molecule has 1 amide bonds. The lowest BCUT2D eigenvalue weighted by Crippen LogP contribution is -2.23. The maximum Gasteiger partial charge on any atom is 0.255 e. The van der Waals surface area contributed by atoms with Gasteiger partial charge in [0.25, 0.3) is 5.91 Å². The number of halogens is 1. The fourth-order valence-corrected chi connectivity index (χ4v) is 3.38. The van der Waals surface area contributed by atoms with Gasteiger partial charge in [-0.2, -0.15) is 0 Å². The molecule has 2 N–H and O–H groups in total. The van der Waals surface area contributed by atoms with Crippen LogP contribution in [0.2, 0.25) is 5.02 Å². The molecular weight excluding hydrogens is 364 g/mol. The van der Waals surface area contributed by atoms with Crippen molar-refractivity contribution in [1.29, 1.82) is 0 Å². The van der Waals surface area contributed by atoms with Gasteiger partial charge in [0.2, 0.25) is 10.0 Å². The van der Waals surface area contributed by atoms with Gasteiger partial charge in [-0.3, -0.25) is 4.79 Å². The highest BCUT2D eigenvalue weighted by Crippen LogP contribution is 2.31. The molecule has 25 heavy (non-hydrogen) atoms. The van der Waals surface area contributed by atoms with Gasteiger partial charge in [-0.1, -0.05) is 18.5 Å². The molecule has 6 nitrogen and oxygen atoms in total. The summed E-state index contributed by atoms with van der Waals surface area (Å²) in [7, 11) is -2.07. The number of anilines is 1. The second-order valence-corrected chi connectivity index (χ2v) is 7.46. The molecule has 0 fully saturated rings. The molecule has 0 saturated heterocycles. The Labute approximate surface area is 152 Å². The summed E-state index contributed by atoms with van der Waals surface area (Å²) in [6.45, 7) is 3.80. The minimum Gasteiger partial charge on any atom is -0.495 e. The molecule has 0 heterocycles. The summed E-state index contributed by atoms with van der Waals surface area (Å²) < 4.78 is 31.5. The summed E-state index contributed by atoms with van der Waals surface area (Å²) in [6, 6.07) is 9.01. The normalized spacial score (nSPS) is 11.2. The van der Waals surface area contributed by atoms with Gasteiger partial charge in [-0.15, -0.1) is 0 Å². The molecule has 0 saturated carbocycles. The Bertz CT molecular complexity index is 880. The lowest BCUT2D eigenvalue weighted by atomic mass is 10.1. The highest BCUT2D eigenvalue weighted by Gasteiger charge is 2.15. The highest BCUT2D eigenvalue weighted by atomic mass is 35.5. The molecule has 0 radical (unpaired) electrons. The molecular formula is C17H19ClN2O4S. The fraction of sp³-hybridized carbons (Fsp3) is 0.235. The lowest BCUT2D eigenvalue weighted by molar-refractivity contribution is 0.102. The number of benzene rings is 2. The van der Waals surface area contributed by atoms with Crippen molar-refractivity contribution in [2.45, 2.75) is 18.7 Å². The van der Waals surface area contributed by atoms with Crippen molar-refractivity contribution in [2.75, 3.05) is 19.0 Å². The number of ether oxygens (including phenoxy) is 1. The summed E-state index contributed by atoms with van der Waals surface area (Å²) in [5.74, 6) is 0.0581. The van der Waals surface area contributed by atoms with Crippen molar-refractivity contribution in [2.24, 2.45) is 0 Å². The van der Waals surface area contributed by atoms with E-state index < -0.39 is 10.0 Å². The van der Waals surface area contributed by atoms with E-state index in [1.54, 1.807) is 19.1 Å². The molecule has 8 heteroatoms. The molecule has 0 atom stereocenters. The number of nitrogens with one attached hydrogen (secondary N) is 2. The van der Waals surface area contributed by atoms with Crippen LogP contribution in [0.3, 0.4) is 0 Å². The van der Waals surface area contributed by atoms with Crippen LogP contribution in [0.1, 0.15) is 22.8 Å². The fourth-order valence-electron chi connectivity index (χ4n) is 2.18. The van der Waals surface area contributed by atoms with Crippen LogP contribution in [0.15, 0.2) is 41.3 Å². The zero-order valence-corrected chi connectivity index (χ0v) is 15.7. The maximum absolute atomic E-state index is 12.4. The Hall–Kier alpha value is -2.09. The van der Waals surface area contributed by atoms with E-state index in [4.69, 9.17) is 16.3 Å². The minimum absolute atomic E-state index is 0.103. The summed E-state index contributed by atoms with van der Waals surface area (Å²) in [6.07, 6.45) is 0. The Morgan fingerprint density at radius 1 is 1.20 bits per heavy atom. The Balaban J connectivity index is 2.24. The first kappa shape index (κ1) is 19.2. The monoisotopic (exact) mass is 382 g/mol. The van der Waals surface area contributed by atoms with Crippen LogP contribution < -0.4 is 14.8 Å². The average Bonchev–Trinajstić information content (AvgIpc) is 2.58. The average molecular weight is 383 g/mol. The van der Waals surface area contributed by atoms with Gasteiger partial charge in [0.05, 0.1) is 17.7 Å².